The molecule has 0 saturated carbocycles. The van der Waals surface area contributed by atoms with Gasteiger partial charge in [-0.1, -0.05) is 12.1 Å². The lowest BCUT2D eigenvalue weighted by atomic mass is 10.2. The molecule has 2 aliphatic heterocycles. The number of alkyl halides is 3. The molecular formula is C16H17F3N2O4. The highest BCUT2D eigenvalue weighted by atomic mass is 19.4. The van der Waals surface area contributed by atoms with Crippen molar-refractivity contribution in [2.24, 2.45) is 0 Å². The lowest BCUT2D eigenvalue weighted by Gasteiger charge is -2.37. The number of halogens is 3. The Kier molecular flexibility index (Phi) is 4.73. The maximum atomic E-state index is 12.5. The number of amides is 2. The van der Waals surface area contributed by atoms with E-state index in [1.165, 1.54) is 4.90 Å². The zero-order valence-corrected chi connectivity index (χ0v) is 13.3. The highest BCUT2D eigenvalue weighted by Crippen LogP contribution is 2.31. The number of ether oxygens (including phenoxy) is 2. The second-order valence-corrected chi connectivity index (χ2v) is 5.86. The molecule has 0 aliphatic carbocycles. The minimum absolute atomic E-state index is 0.0725. The Morgan fingerprint density at radius 2 is 1.64 bits per heavy atom. The summed E-state index contributed by atoms with van der Waals surface area (Å²) in [4.78, 5) is 26.7. The molecule has 0 spiro atoms. The smallest absolute Gasteiger partial charge is 0.397 e. The first-order valence-corrected chi connectivity index (χ1v) is 7.85. The molecule has 9 heteroatoms. The molecule has 1 unspecified atom stereocenters. The standard InChI is InChI=1S/C16H17F3N2O4/c17-16(18,19)9-14(22)20-5-7-21(8-6-20)15(23)13-10-24-11-3-1-2-4-12(11)25-13/h1-4,13H,5-10H2. The van der Waals surface area contributed by atoms with Crippen molar-refractivity contribution in [2.45, 2.75) is 18.7 Å². The normalized spacial score (nSPS) is 20.4. The van der Waals surface area contributed by atoms with E-state index in [1.54, 1.807) is 24.3 Å². The Hall–Kier alpha value is -2.45. The van der Waals surface area contributed by atoms with Crippen molar-refractivity contribution in [3.8, 4) is 11.5 Å². The van der Waals surface area contributed by atoms with Gasteiger partial charge in [0, 0.05) is 26.2 Å². The summed E-state index contributed by atoms with van der Waals surface area (Å²) in [5.74, 6) is -0.219. The number of carbonyl (C=O) groups excluding carboxylic acids is 2. The molecule has 1 aromatic carbocycles. The molecule has 2 amide bonds. The monoisotopic (exact) mass is 358 g/mol. The van der Waals surface area contributed by atoms with Gasteiger partial charge >= 0.3 is 6.18 Å². The maximum absolute atomic E-state index is 12.5. The van der Waals surface area contributed by atoms with Crippen LogP contribution >= 0.6 is 0 Å². The number of hydrogen-bond acceptors (Lipinski definition) is 4. The molecule has 6 nitrogen and oxygen atoms in total. The summed E-state index contributed by atoms with van der Waals surface area (Å²) in [7, 11) is 0. The summed E-state index contributed by atoms with van der Waals surface area (Å²) in [6.07, 6.45) is -6.80. The van der Waals surface area contributed by atoms with Gasteiger partial charge in [-0.25, -0.2) is 0 Å². The van der Waals surface area contributed by atoms with Gasteiger partial charge in [-0.3, -0.25) is 9.59 Å². The zero-order chi connectivity index (χ0) is 18.0. The Morgan fingerprint density at radius 1 is 1.04 bits per heavy atom. The molecule has 2 heterocycles. The average molecular weight is 358 g/mol. The van der Waals surface area contributed by atoms with Crippen LogP contribution in [0.15, 0.2) is 24.3 Å². The van der Waals surface area contributed by atoms with Crippen molar-refractivity contribution in [3.63, 3.8) is 0 Å². The zero-order valence-electron chi connectivity index (χ0n) is 13.3. The van der Waals surface area contributed by atoms with Gasteiger partial charge in [0.15, 0.2) is 11.5 Å². The Labute approximate surface area is 142 Å². The van der Waals surface area contributed by atoms with Gasteiger partial charge in [0.2, 0.25) is 12.0 Å². The van der Waals surface area contributed by atoms with Crippen molar-refractivity contribution >= 4 is 11.8 Å². The number of fused-ring (bicyclic) bond motifs is 1. The number of carbonyl (C=O) groups is 2. The molecule has 0 N–H and O–H groups in total. The number of hydrogen-bond donors (Lipinski definition) is 0. The predicted octanol–water partition coefficient (Wildman–Crippen LogP) is 1.45. The molecule has 1 fully saturated rings. The topological polar surface area (TPSA) is 59.1 Å². The van der Waals surface area contributed by atoms with Gasteiger partial charge in [0.1, 0.15) is 13.0 Å². The molecule has 2 aliphatic rings. The molecule has 3 rings (SSSR count). The van der Waals surface area contributed by atoms with Gasteiger partial charge in [0.25, 0.3) is 5.91 Å². The molecule has 25 heavy (non-hydrogen) atoms. The number of rotatable bonds is 2. The van der Waals surface area contributed by atoms with Crippen molar-refractivity contribution in [2.75, 3.05) is 32.8 Å². The summed E-state index contributed by atoms with van der Waals surface area (Å²) in [6.45, 7) is 0.562. The number of para-hydroxylation sites is 2. The molecule has 0 aromatic heterocycles. The summed E-state index contributed by atoms with van der Waals surface area (Å²) < 4.78 is 48.0. The second-order valence-electron chi connectivity index (χ2n) is 5.86. The SMILES string of the molecule is O=C(CC(F)(F)F)N1CCN(C(=O)C2COc3ccccc3O2)CC1. The highest BCUT2D eigenvalue weighted by molar-refractivity contribution is 5.82. The first-order valence-electron chi connectivity index (χ1n) is 7.85. The van der Waals surface area contributed by atoms with E-state index < -0.39 is 24.6 Å². The molecular weight excluding hydrogens is 341 g/mol. The Balaban J connectivity index is 1.53. The Morgan fingerprint density at radius 3 is 2.28 bits per heavy atom. The van der Waals surface area contributed by atoms with Gasteiger partial charge in [-0.15, -0.1) is 0 Å². The number of piperazine rings is 1. The minimum atomic E-state index is -4.52. The first-order chi connectivity index (χ1) is 11.8. The van der Waals surface area contributed by atoms with Gasteiger partial charge in [-0.05, 0) is 12.1 Å². The molecule has 1 saturated heterocycles. The third kappa shape index (κ3) is 4.15. The van der Waals surface area contributed by atoms with Crippen LogP contribution in [-0.4, -0.2) is 66.7 Å². The average Bonchev–Trinajstić information content (AvgIpc) is 2.59. The van der Waals surface area contributed by atoms with Crippen LogP contribution in [0.1, 0.15) is 6.42 Å². The van der Waals surface area contributed by atoms with Crippen LogP contribution in [0.5, 0.6) is 11.5 Å². The third-order valence-electron chi connectivity index (χ3n) is 4.08. The van der Waals surface area contributed by atoms with Crippen LogP contribution in [0.4, 0.5) is 13.2 Å². The van der Waals surface area contributed by atoms with E-state index in [-0.39, 0.29) is 38.7 Å². The van der Waals surface area contributed by atoms with Crippen LogP contribution in [0, 0.1) is 0 Å². The quantitative estimate of drug-likeness (QED) is 0.803. The summed E-state index contributed by atoms with van der Waals surface area (Å²) in [5, 5.41) is 0. The summed E-state index contributed by atoms with van der Waals surface area (Å²) in [6, 6.07) is 6.99. The molecule has 1 atom stereocenters. The van der Waals surface area contributed by atoms with E-state index >= 15 is 0 Å². The van der Waals surface area contributed by atoms with Crippen LogP contribution in [0.25, 0.3) is 0 Å². The molecule has 1 aromatic rings. The van der Waals surface area contributed by atoms with Crippen LogP contribution < -0.4 is 9.47 Å². The van der Waals surface area contributed by atoms with E-state index in [4.69, 9.17) is 9.47 Å². The number of nitrogens with zero attached hydrogens (tertiary/aromatic N) is 2. The van der Waals surface area contributed by atoms with Crippen molar-refractivity contribution in [1.29, 1.82) is 0 Å². The first kappa shape index (κ1) is 17.4. The van der Waals surface area contributed by atoms with E-state index in [1.807, 2.05) is 0 Å². The largest absolute Gasteiger partial charge is 0.485 e. The lowest BCUT2D eigenvalue weighted by Crippen LogP contribution is -2.55. The highest BCUT2D eigenvalue weighted by Gasteiger charge is 2.36. The van der Waals surface area contributed by atoms with Crippen LogP contribution in [0.2, 0.25) is 0 Å². The summed E-state index contributed by atoms with van der Waals surface area (Å²) in [5.41, 5.74) is 0. The number of benzene rings is 1. The molecule has 136 valence electrons. The maximum Gasteiger partial charge on any atom is 0.397 e. The fraction of sp³-hybridized carbons (Fsp3) is 0.500. The van der Waals surface area contributed by atoms with E-state index in [9.17, 15) is 22.8 Å². The van der Waals surface area contributed by atoms with Crippen molar-refractivity contribution in [1.82, 2.24) is 9.80 Å². The van der Waals surface area contributed by atoms with Gasteiger partial charge < -0.3 is 19.3 Å². The van der Waals surface area contributed by atoms with Crippen LogP contribution in [-0.2, 0) is 9.59 Å². The molecule has 0 bridgehead atoms. The van der Waals surface area contributed by atoms with Crippen molar-refractivity contribution < 1.29 is 32.2 Å². The van der Waals surface area contributed by atoms with Gasteiger partial charge in [-0.2, -0.15) is 13.2 Å². The predicted molar refractivity (Wildman–Crippen MR) is 80.2 cm³/mol. The second kappa shape index (κ2) is 6.81. The summed E-state index contributed by atoms with van der Waals surface area (Å²) >= 11 is 0. The van der Waals surface area contributed by atoms with Crippen molar-refractivity contribution in [3.05, 3.63) is 24.3 Å². The van der Waals surface area contributed by atoms with Crippen LogP contribution in [0.3, 0.4) is 0 Å². The fourth-order valence-corrected chi connectivity index (χ4v) is 2.80. The third-order valence-corrected chi connectivity index (χ3v) is 4.08. The van der Waals surface area contributed by atoms with E-state index in [2.05, 4.69) is 0 Å². The van der Waals surface area contributed by atoms with E-state index in [0.717, 1.165) is 4.90 Å². The Bertz CT molecular complexity index is 657. The van der Waals surface area contributed by atoms with Gasteiger partial charge in [0.05, 0.1) is 0 Å². The molecule has 0 radical (unpaired) electrons. The fourth-order valence-electron chi connectivity index (χ4n) is 2.80. The minimum Gasteiger partial charge on any atom is -0.485 e. The lowest BCUT2D eigenvalue weighted by molar-refractivity contribution is -0.164. The van der Waals surface area contributed by atoms with E-state index in [0.29, 0.717) is 11.5 Å².